The maximum Gasteiger partial charge on any atom is 0.354 e. The molecule has 7 heteroatoms. The maximum atomic E-state index is 12.2. The number of carboxylic acids is 1. The zero-order chi connectivity index (χ0) is 18.5. The lowest BCUT2D eigenvalue weighted by Gasteiger charge is -2.32. The Bertz CT molecular complexity index is 768. The van der Waals surface area contributed by atoms with E-state index in [4.69, 9.17) is 9.84 Å². The average molecular weight is 355 g/mol. The number of rotatable bonds is 5. The van der Waals surface area contributed by atoms with E-state index < -0.39 is 5.97 Å². The summed E-state index contributed by atoms with van der Waals surface area (Å²) >= 11 is 0. The molecule has 1 unspecified atom stereocenters. The number of pyridine rings is 1. The summed E-state index contributed by atoms with van der Waals surface area (Å²) in [5.74, 6) is -1.45. The summed E-state index contributed by atoms with van der Waals surface area (Å²) in [7, 11) is 0. The van der Waals surface area contributed by atoms with E-state index in [1.165, 1.54) is 23.9 Å². The Hall–Kier alpha value is -2.77. The molecular weight excluding hydrogens is 334 g/mol. The number of morpholine rings is 1. The van der Waals surface area contributed by atoms with Crippen LogP contribution in [-0.2, 0) is 4.74 Å². The highest BCUT2D eigenvalue weighted by atomic mass is 16.5. The number of nitrogens with one attached hydrogen (secondary N) is 1. The van der Waals surface area contributed by atoms with Gasteiger partial charge in [0.15, 0.2) is 0 Å². The van der Waals surface area contributed by atoms with Gasteiger partial charge in [0.05, 0.1) is 18.8 Å². The van der Waals surface area contributed by atoms with E-state index in [0.717, 1.165) is 26.3 Å². The summed E-state index contributed by atoms with van der Waals surface area (Å²) in [6.07, 6.45) is 1.26. The monoisotopic (exact) mass is 355 g/mol. The van der Waals surface area contributed by atoms with Crippen molar-refractivity contribution in [1.29, 1.82) is 0 Å². The van der Waals surface area contributed by atoms with Crippen molar-refractivity contribution in [2.45, 2.75) is 13.0 Å². The Labute approximate surface area is 151 Å². The standard InChI is InChI=1S/C19H21N3O4/c1-13(22-8-10-26-11-9-22)14-2-5-16(6-3-14)21-18(23)15-4-7-17(19(24)25)20-12-15/h2-7,12-13H,8-11H2,1H3,(H,21,23)(H,24,25). The molecule has 26 heavy (non-hydrogen) atoms. The van der Waals surface area contributed by atoms with Gasteiger partial charge in [-0.1, -0.05) is 12.1 Å². The number of nitrogens with zero attached hydrogens (tertiary/aromatic N) is 2. The lowest BCUT2D eigenvalue weighted by atomic mass is 10.1. The first-order valence-corrected chi connectivity index (χ1v) is 8.47. The van der Waals surface area contributed by atoms with Crippen LogP contribution >= 0.6 is 0 Å². The number of hydrogen-bond acceptors (Lipinski definition) is 5. The Kier molecular flexibility index (Phi) is 5.60. The number of carboxylic acid groups (broad SMARTS) is 1. The van der Waals surface area contributed by atoms with Crippen LogP contribution < -0.4 is 5.32 Å². The van der Waals surface area contributed by atoms with Crippen molar-refractivity contribution in [3.63, 3.8) is 0 Å². The van der Waals surface area contributed by atoms with Crippen LogP contribution in [0.1, 0.15) is 39.4 Å². The van der Waals surface area contributed by atoms with Gasteiger partial charge in [0.25, 0.3) is 5.91 Å². The van der Waals surface area contributed by atoms with Crippen molar-refractivity contribution >= 4 is 17.6 Å². The van der Waals surface area contributed by atoms with Crippen molar-refractivity contribution in [2.75, 3.05) is 31.6 Å². The zero-order valence-electron chi connectivity index (χ0n) is 14.5. The molecule has 0 saturated carbocycles. The van der Waals surface area contributed by atoms with Crippen LogP contribution in [0.15, 0.2) is 42.6 Å². The molecule has 3 rings (SSSR count). The number of ether oxygens (including phenoxy) is 1. The van der Waals surface area contributed by atoms with Gasteiger partial charge in [-0.15, -0.1) is 0 Å². The second-order valence-corrected chi connectivity index (χ2v) is 6.14. The summed E-state index contributed by atoms with van der Waals surface area (Å²) in [4.78, 5) is 29.2. The molecule has 2 heterocycles. The Morgan fingerprint density at radius 3 is 2.42 bits per heavy atom. The smallest absolute Gasteiger partial charge is 0.354 e. The van der Waals surface area contributed by atoms with Crippen molar-refractivity contribution in [3.8, 4) is 0 Å². The number of aromatic carboxylic acids is 1. The van der Waals surface area contributed by atoms with E-state index in [1.54, 1.807) is 0 Å². The lowest BCUT2D eigenvalue weighted by Crippen LogP contribution is -2.37. The van der Waals surface area contributed by atoms with E-state index in [2.05, 4.69) is 22.1 Å². The first-order chi connectivity index (χ1) is 12.5. The highest BCUT2D eigenvalue weighted by Crippen LogP contribution is 2.23. The van der Waals surface area contributed by atoms with Gasteiger partial charge >= 0.3 is 5.97 Å². The molecule has 1 aliphatic heterocycles. The van der Waals surface area contributed by atoms with E-state index >= 15 is 0 Å². The van der Waals surface area contributed by atoms with Crippen LogP contribution in [0, 0.1) is 0 Å². The van der Waals surface area contributed by atoms with Gasteiger partial charge in [-0.3, -0.25) is 9.69 Å². The van der Waals surface area contributed by atoms with Crippen LogP contribution in [0.4, 0.5) is 5.69 Å². The number of carbonyl (C=O) groups is 2. The molecule has 1 aromatic heterocycles. The number of hydrogen-bond donors (Lipinski definition) is 2. The third kappa shape index (κ3) is 4.25. The minimum absolute atomic E-state index is 0.0944. The predicted molar refractivity (Wildman–Crippen MR) is 96.4 cm³/mol. The zero-order valence-corrected chi connectivity index (χ0v) is 14.5. The van der Waals surface area contributed by atoms with E-state index in [-0.39, 0.29) is 17.6 Å². The van der Waals surface area contributed by atoms with Crippen LogP contribution in [0.5, 0.6) is 0 Å². The molecule has 0 spiro atoms. The number of amides is 1. The fraction of sp³-hybridized carbons (Fsp3) is 0.316. The van der Waals surface area contributed by atoms with Gasteiger partial charge in [0.2, 0.25) is 0 Å². The number of aromatic nitrogens is 1. The Morgan fingerprint density at radius 1 is 1.15 bits per heavy atom. The molecule has 0 radical (unpaired) electrons. The van der Waals surface area contributed by atoms with Crippen LogP contribution in [0.3, 0.4) is 0 Å². The van der Waals surface area contributed by atoms with E-state index in [0.29, 0.717) is 11.3 Å². The van der Waals surface area contributed by atoms with Crippen molar-refractivity contribution < 1.29 is 19.4 Å². The molecule has 136 valence electrons. The van der Waals surface area contributed by atoms with Gasteiger partial charge in [-0.25, -0.2) is 9.78 Å². The van der Waals surface area contributed by atoms with Gasteiger partial charge in [-0.2, -0.15) is 0 Å². The third-order valence-corrected chi connectivity index (χ3v) is 4.49. The fourth-order valence-corrected chi connectivity index (χ4v) is 2.88. The maximum absolute atomic E-state index is 12.2. The lowest BCUT2D eigenvalue weighted by molar-refractivity contribution is 0.0198. The Morgan fingerprint density at radius 2 is 1.85 bits per heavy atom. The molecule has 7 nitrogen and oxygen atoms in total. The molecular formula is C19H21N3O4. The molecule has 0 bridgehead atoms. The van der Waals surface area contributed by atoms with Gasteiger partial charge in [-0.05, 0) is 36.8 Å². The average Bonchev–Trinajstić information content (AvgIpc) is 2.68. The van der Waals surface area contributed by atoms with Crippen molar-refractivity contribution in [3.05, 3.63) is 59.4 Å². The summed E-state index contributed by atoms with van der Waals surface area (Å²) < 4.78 is 5.38. The summed E-state index contributed by atoms with van der Waals surface area (Å²) in [5.41, 5.74) is 2.07. The molecule has 1 amide bonds. The van der Waals surface area contributed by atoms with E-state index in [1.807, 2.05) is 24.3 Å². The molecule has 0 aliphatic carbocycles. The normalized spacial score (nSPS) is 16.0. The fourth-order valence-electron chi connectivity index (χ4n) is 2.88. The van der Waals surface area contributed by atoms with Crippen LogP contribution in [-0.4, -0.2) is 53.2 Å². The predicted octanol–water partition coefficient (Wildman–Crippen LogP) is 2.43. The molecule has 2 aromatic rings. The summed E-state index contributed by atoms with van der Waals surface area (Å²) in [6, 6.07) is 10.8. The van der Waals surface area contributed by atoms with Gasteiger partial charge in [0.1, 0.15) is 5.69 Å². The molecule has 1 fully saturated rings. The summed E-state index contributed by atoms with van der Waals surface area (Å²) in [6.45, 7) is 5.51. The van der Waals surface area contributed by atoms with Gasteiger partial charge < -0.3 is 15.2 Å². The number of anilines is 1. The van der Waals surface area contributed by atoms with Gasteiger partial charge in [0, 0.05) is 31.0 Å². The molecule has 1 aliphatic rings. The summed E-state index contributed by atoms with van der Waals surface area (Å²) in [5, 5.41) is 11.6. The highest BCUT2D eigenvalue weighted by Gasteiger charge is 2.18. The second kappa shape index (κ2) is 8.07. The Balaban J connectivity index is 1.63. The topological polar surface area (TPSA) is 91.8 Å². The van der Waals surface area contributed by atoms with Crippen LogP contribution in [0.25, 0.3) is 0 Å². The first-order valence-electron chi connectivity index (χ1n) is 8.47. The minimum atomic E-state index is -1.12. The molecule has 2 N–H and O–H groups in total. The van der Waals surface area contributed by atoms with E-state index in [9.17, 15) is 9.59 Å². The third-order valence-electron chi connectivity index (χ3n) is 4.49. The SMILES string of the molecule is CC(c1ccc(NC(=O)c2ccc(C(=O)O)nc2)cc1)N1CCOCC1. The second-order valence-electron chi connectivity index (χ2n) is 6.14. The molecule has 1 aromatic carbocycles. The molecule has 1 saturated heterocycles. The molecule has 1 atom stereocenters. The van der Waals surface area contributed by atoms with Crippen molar-refractivity contribution in [1.82, 2.24) is 9.88 Å². The first kappa shape index (κ1) is 18.0. The minimum Gasteiger partial charge on any atom is -0.477 e. The quantitative estimate of drug-likeness (QED) is 0.856. The number of carbonyl (C=O) groups excluding carboxylic acids is 1. The van der Waals surface area contributed by atoms with Crippen molar-refractivity contribution in [2.24, 2.45) is 0 Å². The van der Waals surface area contributed by atoms with Crippen LogP contribution in [0.2, 0.25) is 0 Å². The largest absolute Gasteiger partial charge is 0.477 e. The highest BCUT2D eigenvalue weighted by molar-refractivity contribution is 6.04. The number of benzene rings is 1.